The van der Waals surface area contributed by atoms with Crippen LogP contribution in [0.25, 0.3) is 0 Å². The van der Waals surface area contributed by atoms with Crippen LogP contribution in [0.1, 0.15) is 35.7 Å². The average molecular weight is 233 g/mol. The van der Waals surface area contributed by atoms with Gasteiger partial charge in [0, 0.05) is 16.7 Å². The summed E-state index contributed by atoms with van der Waals surface area (Å²) in [7, 11) is 0. The minimum absolute atomic E-state index is 0.0264. The molecule has 0 bridgehead atoms. The highest BCUT2D eigenvalue weighted by molar-refractivity contribution is 5.99. The molecule has 5 nitrogen and oxygen atoms in total. The average Bonchev–Trinajstić information content (AvgIpc) is 3.06. The maximum atomic E-state index is 11.8. The van der Waals surface area contributed by atoms with Crippen LogP contribution in [0.3, 0.4) is 0 Å². The van der Waals surface area contributed by atoms with Crippen LogP contribution in [0.4, 0.5) is 0 Å². The van der Waals surface area contributed by atoms with Gasteiger partial charge in [0.1, 0.15) is 0 Å². The fourth-order valence-electron chi connectivity index (χ4n) is 1.51. The number of rotatable bonds is 3. The topological polar surface area (TPSA) is 87.7 Å². The molecule has 1 saturated carbocycles. The molecule has 0 radical (unpaired) electrons. The molecular formula is C12H15N3O2. The third-order valence-corrected chi connectivity index (χ3v) is 2.97. The van der Waals surface area contributed by atoms with E-state index in [1.165, 1.54) is 0 Å². The first-order valence-electron chi connectivity index (χ1n) is 5.44. The van der Waals surface area contributed by atoms with Gasteiger partial charge in [0.2, 0.25) is 0 Å². The van der Waals surface area contributed by atoms with E-state index in [9.17, 15) is 4.79 Å². The van der Waals surface area contributed by atoms with Crippen LogP contribution in [-0.4, -0.2) is 22.5 Å². The Morgan fingerprint density at radius 3 is 2.35 bits per heavy atom. The van der Waals surface area contributed by atoms with Crippen LogP contribution >= 0.6 is 0 Å². The van der Waals surface area contributed by atoms with Gasteiger partial charge in [-0.05, 0) is 31.9 Å². The number of amidine groups is 1. The Bertz CT molecular complexity index is 461. The van der Waals surface area contributed by atoms with Gasteiger partial charge < -0.3 is 16.3 Å². The lowest BCUT2D eigenvalue weighted by Crippen LogP contribution is -2.34. The second kappa shape index (κ2) is 4.08. The number of nitrogens with one attached hydrogen (secondary N) is 1. The van der Waals surface area contributed by atoms with Crippen molar-refractivity contribution in [2.45, 2.75) is 25.3 Å². The smallest absolute Gasteiger partial charge is 0.251 e. The highest BCUT2D eigenvalue weighted by atomic mass is 16.4. The van der Waals surface area contributed by atoms with Crippen molar-refractivity contribution in [2.75, 3.05) is 0 Å². The molecule has 5 heteroatoms. The van der Waals surface area contributed by atoms with Gasteiger partial charge in [0.25, 0.3) is 5.91 Å². The number of carbonyl (C=O) groups is 1. The van der Waals surface area contributed by atoms with E-state index in [0.717, 1.165) is 12.8 Å². The molecule has 0 aliphatic heterocycles. The van der Waals surface area contributed by atoms with Crippen LogP contribution in [0.5, 0.6) is 0 Å². The van der Waals surface area contributed by atoms with Crippen molar-refractivity contribution in [1.82, 2.24) is 5.32 Å². The van der Waals surface area contributed by atoms with Crippen LogP contribution < -0.4 is 11.1 Å². The van der Waals surface area contributed by atoms with Gasteiger partial charge in [-0.3, -0.25) is 4.79 Å². The molecule has 0 heterocycles. The van der Waals surface area contributed by atoms with E-state index in [2.05, 4.69) is 10.5 Å². The van der Waals surface area contributed by atoms with Crippen molar-refractivity contribution in [3.8, 4) is 0 Å². The van der Waals surface area contributed by atoms with E-state index in [-0.39, 0.29) is 17.3 Å². The first kappa shape index (κ1) is 11.4. The Morgan fingerprint density at radius 1 is 1.35 bits per heavy atom. The minimum atomic E-state index is -0.0870. The molecule has 1 amide bonds. The van der Waals surface area contributed by atoms with Crippen molar-refractivity contribution in [2.24, 2.45) is 10.9 Å². The highest BCUT2D eigenvalue weighted by Crippen LogP contribution is 2.34. The van der Waals surface area contributed by atoms with Gasteiger partial charge in [0.05, 0.1) is 0 Å². The molecule has 1 aromatic rings. The van der Waals surface area contributed by atoms with Crippen molar-refractivity contribution >= 4 is 11.7 Å². The zero-order valence-corrected chi connectivity index (χ0v) is 9.60. The Balaban J connectivity index is 2.09. The summed E-state index contributed by atoms with van der Waals surface area (Å²) in [6, 6.07) is 6.63. The van der Waals surface area contributed by atoms with Gasteiger partial charge >= 0.3 is 0 Å². The van der Waals surface area contributed by atoms with E-state index in [1.807, 2.05) is 6.92 Å². The zero-order valence-electron chi connectivity index (χ0n) is 9.60. The second-order valence-electron chi connectivity index (χ2n) is 4.58. The molecule has 1 aliphatic carbocycles. The van der Waals surface area contributed by atoms with Crippen molar-refractivity contribution < 1.29 is 10.0 Å². The molecule has 0 aromatic heterocycles. The third kappa shape index (κ3) is 2.55. The van der Waals surface area contributed by atoms with Crippen molar-refractivity contribution in [1.29, 1.82) is 0 Å². The summed E-state index contributed by atoms with van der Waals surface area (Å²) in [4.78, 5) is 11.8. The van der Waals surface area contributed by atoms with Crippen molar-refractivity contribution in [3.05, 3.63) is 35.4 Å². The van der Waals surface area contributed by atoms with Gasteiger partial charge in [-0.2, -0.15) is 0 Å². The summed E-state index contributed by atoms with van der Waals surface area (Å²) in [5, 5.41) is 14.4. The number of nitrogens with two attached hydrogens (primary N) is 1. The lowest BCUT2D eigenvalue weighted by molar-refractivity contribution is 0.0935. The zero-order chi connectivity index (χ0) is 12.5. The third-order valence-electron chi connectivity index (χ3n) is 2.97. The molecule has 17 heavy (non-hydrogen) atoms. The lowest BCUT2D eigenvalue weighted by atomic mass is 10.1. The summed E-state index contributed by atoms with van der Waals surface area (Å²) in [6.07, 6.45) is 2.06. The molecule has 4 N–H and O–H groups in total. The summed E-state index contributed by atoms with van der Waals surface area (Å²) in [5.41, 5.74) is 6.57. The largest absolute Gasteiger partial charge is 0.409 e. The number of hydrogen-bond donors (Lipinski definition) is 3. The van der Waals surface area contributed by atoms with E-state index >= 15 is 0 Å². The van der Waals surface area contributed by atoms with Gasteiger partial charge in [-0.15, -0.1) is 0 Å². The number of nitrogens with zero attached hydrogens (tertiary/aromatic N) is 1. The van der Waals surface area contributed by atoms with Crippen molar-refractivity contribution in [3.63, 3.8) is 0 Å². The molecule has 0 atom stereocenters. The van der Waals surface area contributed by atoms with Gasteiger partial charge in [0.15, 0.2) is 5.84 Å². The first-order valence-corrected chi connectivity index (χ1v) is 5.44. The number of benzene rings is 1. The summed E-state index contributed by atoms with van der Waals surface area (Å²) >= 11 is 0. The minimum Gasteiger partial charge on any atom is -0.409 e. The summed E-state index contributed by atoms with van der Waals surface area (Å²) < 4.78 is 0. The SMILES string of the molecule is CC1(NC(=O)c2ccc(/C(N)=N/O)cc2)CC1. The first-order chi connectivity index (χ1) is 8.04. The molecule has 2 rings (SSSR count). The summed E-state index contributed by atoms with van der Waals surface area (Å²) in [6.45, 7) is 2.02. The molecule has 0 spiro atoms. The predicted molar refractivity (Wildman–Crippen MR) is 64.1 cm³/mol. The number of carbonyl (C=O) groups excluding carboxylic acids is 1. The maximum Gasteiger partial charge on any atom is 0.251 e. The molecule has 0 unspecified atom stereocenters. The van der Waals surface area contributed by atoms with Gasteiger partial charge in [-0.25, -0.2) is 0 Å². The van der Waals surface area contributed by atoms with Gasteiger partial charge in [-0.1, -0.05) is 17.3 Å². The normalized spacial score (nSPS) is 17.6. The summed E-state index contributed by atoms with van der Waals surface area (Å²) in [5.74, 6) is -0.0535. The van der Waals surface area contributed by atoms with Crippen LogP contribution in [-0.2, 0) is 0 Å². The number of hydrogen-bond acceptors (Lipinski definition) is 3. The fraction of sp³-hybridized carbons (Fsp3) is 0.333. The van der Waals surface area contributed by atoms with Crippen LogP contribution in [0.15, 0.2) is 29.4 Å². The maximum absolute atomic E-state index is 11.8. The monoisotopic (exact) mass is 233 g/mol. The molecule has 90 valence electrons. The standard InChI is InChI=1S/C12H15N3O2/c1-12(6-7-12)14-11(16)9-4-2-8(3-5-9)10(13)15-17/h2-5,17H,6-7H2,1H3,(H2,13,15)(H,14,16). The molecule has 1 aromatic carbocycles. The van der Waals surface area contributed by atoms with E-state index < -0.39 is 0 Å². The predicted octanol–water partition coefficient (Wildman–Crippen LogP) is 1.06. The Kier molecular flexibility index (Phi) is 2.75. The number of amides is 1. The Morgan fingerprint density at radius 2 is 1.88 bits per heavy atom. The molecule has 0 saturated heterocycles. The Labute approximate surface area is 99.3 Å². The lowest BCUT2D eigenvalue weighted by Gasteiger charge is -2.11. The van der Waals surface area contributed by atoms with E-state index in [4.69, 9.17) is 10.9 Å². The van der Waals surface area contributed by atoms with E-state index in [1.54, 1.807) is 24.3 Å². The molecule has 1 fully saturated rings. The van der Waals surface area contributed by atoms with Crippen LogP contribution in [0, 0.1) is 0 Å². The quantitative estimate of drug-likeness (QED) is 0.316. The fourth-order valence-corrected chi connectivity index (χ4v) is 1.51. The molecular weight excluding hydrogens is 218 g/mol. The van der Waals surface area contributed by atoms with Crippen LogP contribution in [0.2, 0.25) is 0 Å². The second-order valence-corrected chi connectivity index (χ2v) is 4.58. The molecule has 1 aliphatic rings. The van der Waals surface area contributed by atoms with E-state index in [0.29, 0.717) is 11.1 Å². The highest BCUT2D eigenvalue weighted by Gasteiger charge is 2.38. The number of oxime groups is 1. The Hall–Kier alpha value is -2.04.